The van der Waals surface area contributed by atoms with Crippen LogP contribution in [0.2, 0.25) is 10.2 Å². The van der Waals surface area contributed by atoms with E-state index in [0.717, 1.165) is 43.7 Å². The first-order valence-corrected chi connectivity index (χ1v) is 16.8. The van der Waals surface area contributed by atoms with E-state index in [0.29, 0.717) is 59.0 Å². The number of carbonyl (C=O) groups is 3. The lowest BCUT2D eigenvalue weighted by Gasteiger charge is -2.35. The van der Waals surface area contributed by atoms with Gasteiger partial charge in [0, 0.05) is 44.9 Å². The fraction of sp³-hybridized carbons (Fsp3) is 0.344. The minimum absolute atomic E-state index is 0.229. The Labute approximate surface area is 296 Å². The van der Waals surface area contributed by atoms with Gasteiger partial charge < -0.3 is 20.4 Å². The first-order chi connectivity index (χ1) is 24.2. The largest absolute Gasteiger partial charge is 0.370 e. The molecule has 0 saturated carbocycles. The SMILES string of the molecule is CN(Cc1c(NC(=O)Nc2cnc(-n3nccn3)c(Cl)c2)cnc2cc(Cl)nn12)CC1CCN(c2cncc(C3CCC(=O)NC3=O)c2)CC1. The number of urea groups is 1. The van der Waals surface area contributed by atoms with E-state index in [2.05, 4.69) is 56.0 Å². The molecule has 5 aromatic rings. The number of hydrogen-bond donors (Lipinski definition) is 3. The van der Waals surface area contributed by atoms with Crippen LogP contribution in [0.15, 0.2) is 55.4 Å². The minimum atomic E-state index is -0.514. The molecule has 7 rings (SSSR count). The molecule has 2 aliphatic heterocycles. The van der Waals surface area contributed by atoms with Crippen molar-refractivity contribution in [2.75, 3.05) is 42.2 Å². The molecule has 0 spiro atoms. The van der Waals surface area contributed by atoms with Crippen LogP contribution in [0.3, 0.4) is 0 Å². The summed E-state index contributed by atoms with van der Waals surface area (Å²) in [4.78, 5) is 56.0. The molecule has 0 aromatic carbocycles. The second-order valence-corrected chi connectivity index (χ2v) is 13.2. The van der Waals surface area contributed by atoms with Gasteiger partial charge in [-0.25, -0.2) is 19.3 Å². The molecule has 50 heavy (non-hydrogen) atoms. The molecule has 1 atom stereocenters. The number of hydrogen-bond acceptors (Lipinski definition) is 11. The first-order valence-electron chi connectivity index (χ1n) is 16.1. The van der Waals surface area contributed by atoms with Crippen LogP contribution in [0, 0.1) is 5.92 Å². The Morgan fingerprint density at radius 3 is 2.56 bits per heavy atom. The summed E-state index contributed by atoms with van der Waals surface area (Å²) in [6.45, 7) is 2.97. The normalized spacial score (nSPS) is 17.0. The molecule has 0 aliphatic carbocycles. The molecule has 258 valence electrons. The van der Waals surface area contributed by atoms with Crippen LogP contribution < -0.4 is 20.9 Å². The number of aromatic nitrogens is 8. The Hall–Kier alpha value is -5.19. The Morgan fingerprint density at radius 1 is 1.00 bits per heavy atom. The quantitative estimate of drug-likeness (QED) is 0.188. The van der Waals surface area contributed by atoms with Crippen molar-refractivity contribution in [3.05, 3.63) is 76.8 Å². The Balaban J connectivity index is 0.983. The highest BCUT2D eigenvalue weighted by Gasteiger charge is 2.29. The summed E-state index contributed by atoms with van der Waals surface area (Å²) in [6.07, 6.45) is 12.4. The number of fused-ring (bicyclic) bond motifs is 1. The number of nitrogens with one attached hydrogen (secondary N) is 3. The number of piperidine rings is 2. The number of rotatable bonds is 9. The highest BCUT2D eigenvalue weighted by molar-refractivity contribution is 6.32. The first kappa shape index (κ1) is 33.3. The molecule has 1 unspecified atom stereocenters. The average Bonchev–Trinajstić information content (AvgIpc) is 3.76. The number of nitrogens with zero attached hydrogens (tertiary/aromatic N) is 10. The number of pyridine rings is 2. The van der Waals surface area contributed by atoms with Gasteiger partial charge in [0.25, 0.3) is 0 Å². The van der Waals surface area contributed by atoms with E-state index in [-0.39, 0.29) is 22.8 Å². The number of carbonyl (C=O) groups excluding carboxylic acids is 3. The number of imide groups is 1. The zero-order valence-corrected chi connectivity index (χ0v) is 28.5. The zero-order chi connectivity index (χ0) is 34.8. The minimum Gasteiger partial charge on any atom is -0.370 e. The van der Waals surface area contributed by atoms with Crippen LogP contribution in [-0.2, 0) is 16.1 Å². The highest BCUT2D eigenvalue weighted by atomic mass is 35.5. The molecule has 16 nitrogen and oxygen atoms in total. The van der Waals surface area contributed by atoms with E-state index < -0.39 is 6.03 Å². The van der Waals surface area contributed by atoms with Gasteiger partial charge in [0.2, 0.25) is 11.8 Å². The van der Waals surface area contributed by atoms with Gasteiger partial charge >= 0.3 is 6.03 Å². The third-order valence-corrected chi connectivity index (χ3v) is 9.31. The number of halogens is 2. The summed E-state index contributed by atoms with van der Waals surface area (Å²) >= 11 is 12.6. The van der Waals surface area contributed by atoms with Crippen LogP contribution in [-0.4, -0.2) is 89.0 Å². The molecule has 0 bridgehead atoms. The van der Waals surface area contributed by atoms with Crippen LogP contribution >= 0.6 is 23.2 Å². The van der Waals surface area contributed by atoms with Crippen molar-refractivity contribution in [3.63, 3.8) is 0 Å². The topological polar surface area (TPSA) is 180 Å². The predicted molar refractivity (Wildman–Crippen MR) is 185 cm³/mol. The van der Waals surface area contributed by atoms with E-state index in [1.165, 1.54) is 23.4 Å². The zero-order valence-electron chi connectivity index (χ0n) is 27.0. The second kappa shape index (κ2) is 14.3. The Kier molecular flexibility index (Phi) is 9.56. The maximum atomic E-state index is 13.1. The van der Waals surface area contributed by atoms with E-state index in [1.54, 1.807) is 29.0 Å². The standard InChI is InChI=1S/C32H33Cl2N13O3/c1-44(17-19-4-8-45(9-5-19)22-10-20(13-35-15-22)23-2-3-29(48)42-31(23)49)18-26-25(16-36-28-12-27(34)43-46(26)28)41-32(50)40-21-11-24(33)30(37-14-21)47-38-6-7-39-47/h6-7,10-16,19,23H,2-5,8-9,17-18H2,1H3,(H2,40,41,50)(H,42,48,49). The molecule has 2 aliphatic rings. The van der Waals surface area contributed by atoms with E-state index in [9.17, 15) is 14.4 Å². The van der Waals surface area contributed by atoms with E-state index in [1.807, 2.05) is 19.3 Å². The van der Waals surface area contributed by atoms with Gasteiger partial charge in [-0.3, -0.25) is 19.9 Å². The van der Waals surface area contributed by atoms with Crippen LogP contribution in [0.25, 0.3) is 11.5 Å². The molecule has 0 radical (unpaired) electrons. The Bertz CT molecular complexity index is 2050. The molecule has 2 fully saturated rings. The summed E-state index contributed by atoms with van der Waals surface area (Å²) in [5, 5.41) is 21.1. The van der Waals surface area contributed by atoms with Crippen LogP contribution in [0.5, 0.6) is 0 Å². The third-order valence-electron chi connectivity index (χ3n) is 8.85. The predicted octanol–water partition coefficient (Wildman–Crippen LogP) is 3.92. The lowest BCUT2D eigenvalue weighted by molar-refractivity contribution is -0.134. The van der Waals surface area contributed by atoms with E-state index in [4.69, 9.17) is 23.2 Å². The summed E-state index contributed by atoms with van der Waals surface area (Å²) in [6, 6.07) is 4.73. The summed E-state index contributed by atoms with van der Waals surface area (Å²) in [5.74, 6) is -0.0958. The van der Waals surface area contributed by atoms with Crippen molar-refractivity contribution < 1.29 is 14.4 Å². The van der Waals surface area contributed by atoms with Crippen molar-refractivity contribution in [2.24, 2.45) is 5.92 Å². The Morgan fingerprint density at radius 2 is 1.80 bits per heavy atom. The molecule has 7 heterocycles. The number of anilines is 3. The van der Waals surface area contributed by atoms with Gasteiger partial charge in [-0.2, -0.15) is 15.3 Å². The van der Waals surface area contributed by atoms with Gasteiger partial charge in [0.1, 0.15) is 0 Å². The van der Waals surface area contributed by atoms with Gasteiger partial charge in [-0.15, -0.1) is 4.80 Å². The maximum absolute atomic E-state index is 13.1. The average molecular weight is 719 g/mol. The van der Waals surface area contributed by atoms with Gasteiger partial charge in [0.05, 0.1) is 64.7 Å². The summed E-state index contributed by atoms with van der Waals surface area (Å²) < 4.78 is 1.64. The fourth-order valence-corrected chi connectivity index (χ4v) is 6.84. The molecule has 2 saturated heterocycles. The lowest BCUT2D eigenvalue weighted by atomic mass is 9.91. The van der Waals surface area contributed by atoms with Gasteiger partial charge in [-0.05, 0) is 49.9 Å². The molecule has 5 aromatic heterocycles. The summed E-state index contributed by atoms with van der Waals surface area (Å²) in [5.41, 5.74) is 3.93. The van der Waals surface area contributed by atoms with Gasteiger partial charge in [-0.1, -0.05) is 23.2 Å². The van der Waals surface area contributed by atoms with Crippen molar-refractivity contribution in [1.29, 1.82) is 0 Å². The summed E-state index contributed by atoms with van der Waals surface area (Å²) in [7, 11) is 2.03. The van der Waals surface area contributed by atoms with Crippen molar-refractivity contribution in [1.82, 2.24) is 49.8 Å². The maximum Gasteiger partial charge on any atom is 0.323 e. The third kappa shape index (κ3) is 7.36. The fourth-order valence-electron chi connectivity index (χ4n) is 6.42. The number of amides is 4. The highest BCUT2D eigenvalue weighted by Crippen LogP contribution is 2.30. The molecule has 3 N–H and O–H groups in total. The van der Waals surface area contributed by atoms with Crippen LogP contribution in [0.1, 0.15) is 42.9 Å². The van der Waals surface area contributed by atoms with Gasteiger partial charge in [0.15, 0.2) is 16.6 Å². The monoisotopic (exact) mass is 717 g/mol. The smallest absolute Gasteiger partial charge is 0.323 e. The molecule has 18 heteroatoms. The second-order valence-electron chi connectivity index (χ2n) is 12.4. The van der Waals surface area contributed by atoms with E-state index >= 15 is 0 Å². The van der Waals surface area contributed by atoms with Crippen molar-refractivity contribution in [2.45, 2.75) is 38.1 Å². The molecular formula is C32H33Cl2N13O3. The van der Waals surface area contributed by atoms with Crippen LogP contribution in [0.4, 0.5) is 21.9 Å². The van der Waals surface area contributed by atoms with Crippen molar-refractivity contribution >= 4 is 63.8 Å². The van der Waals surface area contributed by atoms with Crippen molar-refractivity contribution in [3.8, 4) is 5.82 Å². The lowest BCUT2D eigenvalue weighted by Crippen LogP contribution is -2.40. The molecule has 4 amide bonds. The molecular weight excluding hydrogens is 685 g/mol.